The number of nitrogens with zero attached hydrogens (tertiary/aromatic N) is 3. The number of amides is 1. The van der Waals surface area contributed by atoms with Crippen LogP contribution in [0.3, 0.4) is 0 Å². The molecule has 0 spiro atoms. The number of benzene rings is 2. The summed E-state index contributed by atoms with van der Waals surface area (Å²) in [6.07, 6.45) is 0. The number of para-hydroxylation sites is 1. The fraction of sp³-hybridized carbons (Fsp3) is 0.0526. The monoisotopic (exact) mass is 361 g/mol. The molecule has 8 heteroatoms. The first kappa shape index (κ1) is 16.5. The van der Waals surface area contributed by atoms with Crippen molar-refractivity contribution in [3.8, 4) is 17.1 Å². The third kappa shape index (κ3) is 3.54. The van der Waals surface area contributed by atoms with Gasteiger partial charge in [0, 0.05) is 11.6 Å². The van der Waals surface area contributed by atoms with E-state index in [-0.39, 0.29) is 23.7 Å². The van der Waals surface area contributed by atoms with Crippen molar-refractivity contribution in [3.63, 3.8) is 0 Å². The molecule has 0 aliphatic carbocycles. The van der Waals surface area contributed by atoms with Gasteiger partial charge < -0.3 is 9.73 Å². The Kier molecular flexibility index (Phi) is 4.36. The molecule has 134 valence electrons. The number of H-pyrrole nitrogens is 1. The van der Waals surface area contributed by atoms with Crippen molar-refractivity contribution in [2.24, 2.45) is 0 Å². The molecule has 0 aliphatic heterocycles. The van der Waals surface area contributed by atoms with Crippen molar-refractivity contribution in [1.29, 1.82) is 0 Å². The summed E-state index contributed by atoms with van der Waals surface area (Å²) in [6, 6.07) is 19.6. The lowest BCUT2D eigenvalue weighted by Gasteiger charge is -2.02. The molecule has 4 rings (SSSR count). The SMILES string of the molecule is O=C(NCc1nnc(-c2ccccc2)o1)c1cc(=O)n(-c2ccccc2)[nH]1. The molecule has 0 unspecified atom stereocenters. The Hall–Kier alpha value is -3.94. The van der Waals surface area contributed by atoms with Gasteiger partial charge in [0.05, 0.1) is 12.2 Å². The molecule has 2 heterocycles. The molecule has 0 radical (unpaired) electrons. The minimum Gasteiger partial charge on any atom is -0.419 e. The van der Waals surface area contributed by atoms with Gasteiger partial charge in [0.25, 0.3) is 11.5 Å². The highest BCUT2D eigenvalue weighted by Crippen LogP contribution is 2.16. The molecule has 0 saturated carbocycles. The van der Waals surface area contributed by atoms with Crippen LogP contribution in [0.25, 0.3) is 17.1 Å². The van der Waals surface area contributed by atoms with Crippen LogP contribution in [0.4, 0.5) is 0 Å². The summed E-state index contributed by atoms with van der Waals surface area (Å²) >= 11 is 0. The second-order valence-electron chi connectivity index (χ2n) is 5.73. The van der Waals surface area contributed by atoms with E-state index in [0.29, 0.717) is 11.6 Å². The van der Waals surface area contributed by atoms with E-state index >= 15 is 0 Å². The van der Waals surface area contributed by atoms with Crippen molar-refractivity contribution in [1.82, 2.24) is 25.3 Å². The van der Waals surface area contributed by atoms with Crippen LogP contribution in [0, 0.1) is 0 Å². The standard InChI is InChI=1S/C19H15N5O3/c25-17-11-15(23-24(17)14-9-5-2-6-10-14)18(26)20-12-16-21-22-19(27-16)13-7-3-1-4-8-13/h1-11,23H,12H2,(H,20,26). The highest BCUT2D eigenvalue weighted by molar-refractivity contribution is 5.92. The van der Waals surface area contributed by atoms with Gasteiger partial charge in [0.2, 0.25) is 11.8 Å². The lowest BCUT2D eigenvalue weighted by Crippen LogP contribution is -2.23. The average Bonchev–Trinajstić information content (AvgIpc) is 3.34. The zero-order valence-electron chi connectivity index (χ0n) is 14.1. The number of hydrogen-bond acceptors (Lipinski definition) is 5. The number of hydrogen-bond donors (Lipinski definition) is 2. The molecule has 0 aliphatic rings. The van der Waals surface area contributed by atoms with E-state index in [2.05, 4.69) is 20.6 Å². The quantitative estimate of drug-likeness (QED) is 0.566. The molecule has 4 aromatic rings. The predicted octanol–water partition coefficient (Wildman–Crippen LogP) is 2.15. The first-order chi connectivity index (χ1) is 13.2. The maximum absolute atomic E-state index is 12.3. The van der Waals surface area contributed by atoms with Crippen molar-refractivity contribution < 1.29 is 9.21 Å². The Labute approximate surface area is 153 Å². The van der Waals surface area contributed by atoms with Crippen LogP contribution in [0.1, 0.15) is 16.4 Å². The summed E-state index contributed by atoms with van der Waals surface area (Å²) in [4.78, 5) is 24.4. The van der Waals surface area contributed by atoms with Crippen LogP contribution < -0.4 is 10.9 Å². The number of carbonyl (C=O) groups is 1. The highest BCUT2D eigenvalue weighted by Gasteiger charge is 2.14. The van der Waals surface area contributed by atoms with E-state index in [4.69, 9.17) is 4.42 Å². The number of aromatic amines is 1. The zero-order valence-corrected chi connectivity index (χ0v) is 14.1. The third-order valence-electron chi connectivity index (χ3n) is 3.87. The lowest BCUT2D eigenvalue weighted by atomic mass is 10.2. The number of carbonyl (C=O) groups excluding carboxylic acids is 1. The fourth-order valence-corrected chi connectivity index (χ4v) is 2.55. The van der Waals surface area contributed by atoms with Crippen LogP contribution in [0.2, 0.25) is 0 Å². The van der Waals surface area contributed by atoms with E-state index in [1.165, 1.54) is 10.7 Å². The Morgan fingerprint density at radius 2 is 1.74 bits per heavy atom. The molecule has 0 fully saturated rings. The van der Waals surface area contributed by atoms with Gasteiger partial charge in [-0.15, -0.1) is 10.2 Å². The average molecular weight is 361 g/mol. The van der Waals surface area contributed by atoms with E-state index in [0.717, 1.165) is 5.56 Å². The van der Waals surface area contributed by atoms with Crippen LogP contribution in [-0.2, 0) is 6.54 Å². The largest absolute Gasteiger partial charge is 0.419 e. The Bertz CT molecular complexity index is 1110. The molecule has 2 aromatic heterocycles. The molecule has 2 aromatic carbocycles. The normalized spacial score (nSPS) is 10.7. The van der Waals surface area contributed by atoms with Crippen molar-refractivity contribution >= 4 is 5.91 Å². The molecule has 0 saturated heterocycles. The van der Waals surface area contributed by atoms with Gasteiger partial charge in [-0.1, -0.05) is 36.4 Å². The second kappa shape index (κ2) is 7.12. The van der Waals surface area contributed by atoms with E-state index in [1.54, 1.807) is 12.1 Å². The van der Waals surface area contributed by atoms with Gasteiger partial charge in [-0.05, 0) is 24.3 Å². The minimum absolute atomic E-state index is 0.0528. The maximum atomic E-state index is 12.3. The highest BCUT2D eigenvalue weighted by atomic mass is 16.4. The van der Waals surface area contributed by atoms with Crippen LogP contribution in [0.5, 0.6) is 0 Å². The number of aromatic nitrogens is 4. The Balaban J connectivity index is 1.45. The lowest BCUT2D eigenvalue weighted by molar-refractivity contribution is 0.0942. The molecular formula is C19H15N5O3. The fourth-order valence-electron chi connectivity index (χ4n) is 2.55. The van der Waals surface area contributed by atoms with Gasteiger partial charge in [0.1, 0.15) is 5.69 Å². The summed E-state index contributed by atoms with van der Waals surface area (Å²) < 4.78 is 6.84. The van der Waals surface area contributed by atoms with E-state index < -0.39 is 5.91 Å². The van der Waals surface area contributed by atoms with Crippen LogP contribution in [0.15, 0.2) is 75.9 Å². The molecule has 2 N–H and O–H groups in total. The van der Waals surface area contributed by atoms with E-state index in [1.807, 2.05) is 48.5 Å². The summed E-state index contributed by atoms with van der Waals surface area (Å²) in [5.41, 5.74) is 1.26. The second-order valence-corrected chi connectivity index (χ2v) is 5.73. The van der Waals surface area contributed by atoms with Crippen molar-refractivity contribution in [3.05, 3.63) is 88.7 Å². The summed E-state index contributed by atoms with van der Waals surface area (Å²) in [5, 5.41) is 13.3. The first-order valence-electron chi connectivity index (χ1n) is 8.24. The van der Waals surface area contributed by atoms with Crippen LogP contribution in [-0.4, -0.2) is 25.9 Å². The van der Waals surface area contributed by atoms with E-state index in [9.17, 15) is 9.59 Å². The molecular weight excluding hydrogens is 346 g/mol. The van der Waals surface area contributed by atoms with Gasteiger partial charge in [-0.3, -0.25) is 14.7 Å². The summed E-state index contributed by atoms with van der Waals surface area (Å²) in [6.45, 7) is 0.0528. The van der Waals surface area contributed by atoms with Crippen LogP contribution >= 0.6 is 0 Å². The van der Waals surface area contributed by atoms with Crippen molar-refractivity contribution in [2.75, 3.05) is 0 Å². The zero-order chi connectivity index (χ0) is 18.6. The topological polar surface area (TPSA) is 106 Å². The van der Waals surface area contributed by atoms with Crippen molar-refractivity contribution in [2.45, 2.75) is 6.54 Å². The summed E-state index contributed by atoms with van der Waals surface area (Å²) in [5.74, 6) is 0.205. The molecule has 27 heavy (non-hydrogen) atoms. The number of rotatable bonds is 5. The summed E-state index contributed by atoms with van der Waals surface area (Å²) in [7, 11) is 0. The molecule has 1 amide bonds. The van der Waals surface area contributed by atoms with Gasteiger partial charge >= 0.3 is 0 Å². The van der Waals surface area contributed by atoms with Gasteiger partial charge in [0.15, 0.2) is 0 Å². The molecule has 0 atom stereocenters. The van der Waals surface area contributed by atoms with Gasteiger partial charge in [-0.2, -0.15) is 0 Å². The Morgan fingerprint density at radius 3 is 2.48 bits per heavy atom. The first-order valence-corrected chi connectivity index (χ1v) is 8.24. The predicted molar refractivity (Wildman–Crippen MR) is 97.3 cm³/mol. The third-order valence-corrected chi connectivity index (χ3v) is 3.87. The minimum atomic E-state index is -0.443. The smallest absolute Gasteiger partial charge is 0.271 e. The van der Waals surface area contributed by atoms with Gasteiger partial charge in [-0.25, -0.2) is 4.68 Å². The maximum Gasteiger partial charge on any atom is 0.271 e. The number of nitrogens with one attached hydrogen (secondary N) is 2. The molecule has 8 nitrogen and oxygen atoms in total. The molecule has 0 bridgehead atoms. The Morgan fingerprint density at radius 1 is 1.04 bits per heavy atom.